The molecule has 0 aliphatic rings. The molecule has 0 amide bonds. The molecule has 0 fully saturated rings. The standard InChI is InChI=1S/C13H18O/c1-3-8-12(13(14)4-2)11-9-6-5-7-10-11/h3,5-7,9-10,12-14H,1,4,8H2,2H3. The summed E-state index contributed by atoms with van der Waals surface area (Å²) in [6, 6.07) is 10.1. The van der Waals surface area contributed by atoms with Gasteiger partial charge < -0.3 is 5.11 Å². The zero-order chi connectivity index (χ0) is 10.4. The molecular weight excluding hydrogens is 172 g/mol. The molecule has 0 spiro atoms. The molecule has 1 N–H and O–H groups in total. The molecule has 2 atom stereocenters. The fourth-order valence-corrected chi connectivity index (χ4v) is 1.68. The summed E-state index contributed by atoms with van der Waals surface area (Å²) in [6.07, 6.45) is 3.22. The van der Waals surface area contributed by atoms with Crippen molar-refractivity contribution in [1.29, 1.82) is 0 Å². The topological polar surface area (TPSA) is 20.2 Å². The molecule has 0 aromatic heterocycles. The van der Waals surface area contributed by atoms with Gasteiger partial charge in [-0.1, -0.05) is 43.3 Å². The van der Waals surface area contributed by atoms with Crippen molar-refractivity contribution in [2.75, 3.05) is 0 Å². The van der Waals surface area contributed by atoms with E-state index in [1.54, 1.807) is 0 Å². The van der Waals surface area contributed by atoms with E-state index in [4.69, 9.17) is 0 Å². The monoisotopic (exact) mass is 190 g/mol. The molecule has 2 unspecified atom stereocenters. The summed E-state index contributed by atoms with van der Waals surface area (Å²) in [4.78, 5) is 0. The van der Waals surface area contributed by atoms with Gasteiger partial charge in [-0.3, -0.25) is 0 Å². The van der Waals surface area contributed by atoms with Gasteiger partial charge in [0.15, 0.2) is 0 Å². The molecule has 1 heteroatoms. The Morgan fingerprint density at radius 3 is 2.50 bits per heavy atom. The molecule has 76 valence electrons. The SMILES string of the molecule is C=CCC(c1ccccc1)C(O)CC. The number of rotatable bonds is 5. The van der Waals surface area contributed by atoms with Crippen LogP contribution in [0.15, 0.2) is 43.0 Å². The Balaban J connectivity index is 2.82. The number of hydrogen-bond acceptors (Lipinski definition) is 1. The van der Waals surface area contributed by atoms with Gasteiger partial charge in [0.25, 0.3) is 0 Å². The Kier molecular flexibility index (Phi) is 4.41. The van der Waals surface area contributed by atoms with E-state index < -0.39 is 0 Å². The summed E-state index contributed by atoms with van der Waals surface area (Å²) >= 11 is 0. The highest BCUT2D eigenvalue weighted by atomic mass is 16.3. The van der Waals surface area contributed by atoms with Crippen molar-refractivity contribution in [3.63, 3.8) is 0 Å². The Hall–Kier alpha value is -1.08. The average molecular weight is 190 g/mol. The van der Waals surface area contributed by atoms with Gasteiger partial charge in [0.1, 0.15) is 0 Å². The summed E-state index contributed by atoms with van der Waals surface area (Å²) < 4.78 is 0. The average Bonchev–Trinajstić information content (AvgIpc) is 2.26. The lowest BCUT2D eigenvalue weighted by atomic mass is 9.89. The van der Waals surface area contributed by atoms with Crippen molar-refractivity contribution in [3.05, 3.63) is 48.6 Å². The van der Waals surface area contributed by atoms with Crippen LogP contribution in [-0.4, -0.2) is 11.2 Å². The van der Waals surface area contributed by atoms with Crippen molar-refractivity contribution < 1.29 is 5.11 Å². The van der Waals surface area contributed by atoms with E-state index >= 15 is 0 Å². The molecule has 0 saturated heterocycles. The maximum Gasteiger partial charge on any atom is 0.0609 e. The second kappa shape index (κ2) is 5.61. The highest BCUT2D eigenvalue weighted by Gasteiger charge is 2.17. The second-order valence-electron chi connectivity index (χ2n) is 3.52. The molecule has 1 aromatic rings. The summed E-state index contributed by atoms with van der Waals surface area (Å²) in [5.41, 5.74) is 1.20. The van der Waals surface area contributed by atoms with E-state index in [0.29, 0.717) is 0 Å². The van der Waals surface area contributed by atoms with Crippen LogP contribution in [0.2, 0.25) is 0 Å². The van der Waals surface area contributed by atoms with E-state index in [-0.39, 0.29) is 12.0 Å². The highest BCUT2D eigenvalue weighted by Crippen LogP contribution is 2.25. The predicted molar refractivity (Wildman–Crippen MR) is 60.3 cm³/mol. The lowest BCUT2D eigenvalue weighted by Gasteiger charge is -2.20. The third kappa shape index (κ3) is 2.71. The van der Waals surface area contributed by atoms with Crippen LogP contribution in [0.3, 0.4) is 0 Å². The molecule has 0 bridgehead atoms. The smallest absolute Gasteiger partial charge is 0.0609 e. The summed E-state index contributed by atoms with van der Waals surface area (Å²) in [5.74, 6) is 0.193. The molecule has 1 nitrogen and oxygen atoms in total. The first kappa shape index (κ1) is 11.0. The molecule has 0 aliphatic carbocycles. The van der Waals surface area contributed by atoms with Crippen molar-refractivity contribution in [2.24, 2.45) is 0 Å². The zero-order valence-electron chi connectivity index (χ0n) is 8.69. The third-order valence-corrected chi connectivity index (χ3v) is 2.53. The Morgan fingerprint density at radius 1 is 1.36 bits per heavy atom. The first-order valence-electron chi connectivity index (χ1n) is 5.13. The van der Waals surface area contributed by atoms with Crippen LogP contribution in [0.1, 0.15) is 31.2 Å². The third-order valence-electron chi connectivity index (χ3n) is 2.53. The lowest BCUT2D eigenvalue weighted by Crippen LogP contribution is -2.16. The minimum Gasteiger partial charge on any atom is -0.392 e. The van der Waals surface area contributed by atoms with Crippen LogP contribution in [0.4, 0.5) is 0 Å². The van der Waals surface area contributed by atoms with Gasteiger partial charge in [-0.05, 0) is 18.4 Å². The predicted octanol–water partition coefficient (Wildman–Crippen LogP) is 3.12. The fourth-order valence-electron chi connectivity index (χ4n) is 1.68. The second-order valence-corrected chi connectivity index (χ2v) is 3.52. The first-order valence-corrected chi connectivity index (χ1v) is 5.13. The van der Waals surface area contributed by atoms with Crippen molar-refractivity contribution in [1.82, 2.24) is 0 Å². The molecule has 1 aromatic carbocycles. The van der Waals surface area contributed by atoms with Gasteiger partial charge >= 0.3 is 0 Å². The van der Waals surface area contributed by atoms with E-state index in [1.165, 1.54) is 5.56 Å². The van der Waals surface area contributed by atoms with Gasteiger partial charge in [0.05, 0.1) is 6.10 Å². The zero-order valence-corrected chi connectivity index (χ0v) is 8.69. The van der Waals surface area contributed by atoms with Gasteiger partial charge in [0.2, 0.25) is 0 Å². The number of aliphatic hydroxyl groups is 1. The maximum atomic E-state index is 9.85. The van der Waals surface area contributed by atoms with Crippen molar-refractivity contribution in [3.8, 4) is 0 Å². The van der Waals surface area contributed by atoms with E-state index in [1.807, 2.05) is 31.2 Å². The largest absolute Gasteiger partial charge is 0.392 e. The van der Waals surface area contributed by atoms with Crippen LogP contribution < -0.4 is 0 Å². The number of allylic oxidation sites excluding steroid dienone is 1. The number of hydrogen-bond donors (Lipinski definition) is 1. The fraction of sp³-hybridized carbons (Fsp3) is 0.385. The first-order chi connectivity index (χ1) is 6.79. The highest BCUT2D eigenvalue weighted by molar-refractivity contribution is 5.21. The normalized spacial score (nSPS) is 14.7. The minimum atomic E-state index is -0.268. The molecule has 0 heterocycles. The maximum absolute atomic E-state index is 9.85. The Labute approximate surface area is 86.1 Å². The number of aliphatic hydroxyl groups excluding tert-OH is 1. The summed E-state index contributed by atoms with van der Waals surface area (Å²) in [6.45, 7) is 5.74. The molecule has 0 radical (unpaired) electrons. The molecule has 1 rings (SSSR count). The van der Waals surface area contributed by atoms with Gasteiger partial charge in [-0.15, -0.1) is 6.58 Å². The van der Waals surface area contributed by atoms with E-state index in [0.717, 1.165) is 12.8 Å². The minimum absolute atomic E-state index is 0.193. The van der Waals surface area contributed by atoms with Crippen molar-refractivity contribution >= 4 is 0 Å². The Morgan fingerprint density at radius 2 is 2.00 bits per heavy atom. The van der Waals surface area contributed by atoms with Crippen LogP contribution in [0.5, 0.6) is 0 Å². The van der Waals surface area contributed by atoms with Crippen LogP contribution in [-0.2, 0) is 0 Å². The number of benzene rings is 1. The van der Waals surface area contributed by atoms with Gasteiger partial charge in [0, 0.05) is 5.92 Å². The van der Waals surface area contributed by atoms with Crippen LogP contribution >= 0.6 is 0 Å². The quantitative estimate of drug-likeness (QED) is 0.707. The van der Waals surface area contributed by atoms with Crippen molar-refractivity contribution in [2.45, 2.75) is 31.8 Å². The van der Waals surface area contributed by atoms with Crippen LogP contribution in [0.25, 0.3) is 0 Å². The molecule has 0 aliphatic heterocycles. The lowest BCUT2D eigenvalue weighted by molar-refractivity contribution is 0.139. The molecule has 14 heavy (non-hydrogen) atoms. The van der Waals surface area contributed by atoms with Gasteiger partial charge in [-0.25, -0.2) is 0 Å². The Bertz CT molecular complexity index is 266. The van der Waals surface area contributed by atoms with Gasteiger partial charge in [-0.2, -0.15) is 0 Å². The van der Waals surface area contributed by atoms with Crippen LogP contribution in [0, 0.1) is 0 Å². The summed E-state index contributed by atoms with van der Waals surface area (Å²) in [7, 11) is 0. The van der Waals surface area contributed by atoms with E-state index in [9.17, 15) is 5.11 Å². The molecular formula is C13H18O. The summed E-state index contributed by atoms with van der Waals surface area (Å²) in [5, 5.41) is 9.85. The van der Waals surface area contributed by atoms with E-state index in [2.05, 4.69) is 18.7 Å². The molecule has 0 saturated carbocycles.